The van der Waals surface area contributed by atoms with Crippen LogP contribution in [0.1, 0.15) is 24.0 Å². The lowest BCUT2D eigenvalue weighted by Crippen LogP contribution is -1.97. The van der Waals surface area contributed by atoms with E-state index in [1.165, 1.54) is 0 Å². The maximum atomic E-state index is 10.4. The van der Waals surface area contributed by atoms with Crippen LogP contribution in [-0.2, 0) is 11.2 Å². The van der Waals surface area contributed by atoms with E-state index in [9.17, 15) is 4.79 Å². The third-order valence-electron chi connectivity index (χ3n) is 2.10. The van der Waals surface area contributed by atoms with Crippen LogP contribution in [0.15, 0.2) is 30.3 Å². The lowest BCUT2D eigenvalue weighted by molar-refractivity contribution is -0.136. The zero-order chi connectivity index (χ0) is 11.8. The molecule has 1 aromatic carbocycles. The second-order valence-corrected chi connectivity index (χ2v) is 3.40. The van der Waals surface area contributed by atoms with E-state index in [1.54, 1.807) is 6.08 Å². The first kappa shape index (κ1) is 12.0. The second-order valence-electron chi connectivity index (χ2n) is 3.40. The molecule has 3 nitrogen and oxygen atoms in total. The Morgan fingerprint density at radius 1 is 1.50 bits per heavy atom. The molecule has 0 aliphatic rings. The number of hydrogen-bond acceptors (Lipinski definition) is 2. The molecular weight excluding hydrogens is 202 g/mol. The SMILES string of the molecule is N#CCC=Cc1cccc(CCC(=O)O)c1. The van der Waals surface area contributed by atoms with Crippen LogP contribution in [0.4, 0.5) is 0 Å². The molecule has 16 heavy (non-hydrogen) atoms. The molecular formula is C13H13NO2. The molecule has 0 spiro atoms. The van der Waals surface area contributed by atoms with Crippen molar-refractivity contribution in [3.63, 3.8) is 0 Å². The van der Waals surface area contributed by atoms with Crippen molar-refractivity contribution in [3.8, 4) is 6.07 Å². The third kappa shape index (κ3) is 4.43. The molecule has 0 saturated carbocycles. The maximum absolute atomic E-state index is 10.4. The van der Waals surface area contributed by atoms with Crippen molar-refractivity contribution in [1.29, 1.82) is 5.26 Å². The standard InChI is InChI=1S/C13H13NO2/c14-9-2-1-4-11-5-3-6-12(10-11)7-8-13(15)16/h1,3-6,10H,2,7-8H2,(H,15,16). The minimum atomic E-state index is -0.787. The number of aliphatic carboxylic acids is 1. The molecule has 1 aromatic rings. The normalized spacial score (nSPS) is 10.2. The number of carbonyl (C=O) groups is 1. The summed E-state index contributed by atoms with van der Waals surface area (Å²) in [7, 11) is 0. The van der Waals surface area contributed by atoms with Crippen LogP contribution in [0, 0.1) is 11.3 Å². The van der Waals surface area contributed by atoms with Crippen molar-refractivity contribution in [2.75, 3.05) is 0 Å². The van der Waals surface area contributed by atoms with E-state index in [-0.39, 0.29) is 6.42 Å². The molecule has 0 aliphatic heterocycles. The van der Waals surface area contributed by atoms with Gasteiger partial charge < -0.3 is 5.11 Å². The minimum absolute atomic E-state index is 0.144. The Kier molecular flexibility index (Phi) is 4.81. The van der Waals surface area contributed by atoms with Crippen LogP contribution in [0.2, 0.25) is 0 Å². The fourth-order valence-electron chi connectivity index (χ4n) is 1.35. The van der Waals surface area contributed by atoms with Crippen LogP contribution in [0.5, 0.6) is 0 Å². The van der Waals surface area contributed by atoms with E-state index in [0.717, 1.165) is 11.1 Å². The van der Waals surface area contributed by atoms with Gasteiger partial charge in [-0.2, -0.15) is 5.26 Å². The highest BCUT2D eigenvalue weighted by molar-refractivity contribution is 5.67. The van der Waals surface area contributed by atoms with Gasteiger partial charge in [-0.25, -0.2) is 0 Å². The highest BCUT2D eigenvalue weighted by Crippen LogP contribution is 2.09. The molecule has 0 atom stereocenters. The van der Waals surface area contributed by atoms with Crippen LogP contribution in [0.3, 0.4) is 0 Å². The smallest absolute Gasteiger partial charge is 0.303 e. The molecule has 82 valence electrons. The molecule has 0 radical (unpaired) electrons. The lowest BCUT2D eigenvalue weighted by atomic mass is 10.1. The average Bonchev–Trinajstić information content (AvgIpc) is 2.27. The molecule has 0 heterocycles. The van der Waals surface area contributed by atoms with Crippen LogP contribution < -0.4 is 0 Å². The fraction of sp³-hybridized carbons (Fsp3) is 0.231. The second kappa shape index (κ2) is 6.41. The predicted molar refractivity (Wildman–Crippen MR) is 61.7 cm³/mol. The summed E-state index contributed by atoms with van der Waals surface area (Å²) in [6, 6.07) is 9.70. The summed E-state index contributed by atoms with van der Waals surface area (Å²) in [6.45, 7) is 0. The van der Waals surface area contributed by atoms with Crippen molar-refractivity contribution in [1.82, 2.24) is 0 Å². The van der Waals surface area contributed by atoms with Crippen LogP contribution in [-0.4, -0.2) is 11.1 Å². The monoisotopic (exact) mass is 215 g/mol. The molecule has 0 aliphatic carbocycles. The van der Waals surface area contributed by atoms with Gasteiger partial charge in [0.2, 0.25) is 0 Å². The zero-order valence-electron chi connectivity index (χ0n) is 8.89. The molecule has 1 rings (SSSR count). The molecule has 3 heteroatoms. The van der Waals surface area contributed by atoms with E-state index in [4.69, 9.17) is 10.4 Å². The van der Waals surface area contributed by atoms with Crippen molar-refractivity contribution in [3.05, 3.63) is 41.5 Å². The number of nitriles is 1. The summed E-state index contributed by atoms with van der Waals surface area (Å²) in [6.07, 6.45) is 4.73. The summed E-state index contributed by atoms with van der Waals surface area (Å²) in [5.74, 6) is -0.787. The Labute approximate surface area is 94.6 Å². The highest BCUT2D eigenvalue weighted by Gasteiger charge is 1.98. The Morgan fingerprint density at radius 3 is 3.00 bits per heavy atom. The van der Waals surface area contributed by atoms with Gasteiger partial charge >= 0.3 is 5.97 Å². The van der Waals surface area contributed by atoms with Gasteiger partial charge in [-0.05, 0) is 17.5 Å². The lowest BCUT2D eigenvalue weighted by Gasteiger charge is -2.00. The number of aryl methyl sites for hydroxylation is 1. The first-order valence-corrected chi connectivity index (χ1v) is 5.06. The Morgan fingerprint density at radius 2 is 2.31 bits per heavy atom. The minimum Gasteiger partial charge on any atom is -0.481 e. The zero-order valence-corrected chi connectivity index (χ0v) is 8.89. The predicted octanol–water partition coefficient (Wildman–Crippen LogP) is 2.63. The summed E-state index contributed by atoms with van der Waals surface area (Å²) >= 11 is 0. The molecule has 0 bridgehead atoms. The number of nitrogens with zero attached hydrogens (tertiary/aromatic N) is 1. The molecule has 0 amide bonds. The Bertz CT molecular complexity index is 430. The van der Waals surface area contributed by atoms with Gasteiger partial charge in [-0.15, -0.1) is 0 Å². The van der Waals surface area contributed by atoms with Crippen molar-refractivity contribution >= 4 is 12.0 Å². The van der Waals surface area contributed by atoms with Gasteiger partial charge in [0.1, 0.15) is 0 Å². The third-order valence-corrected chi connectivity index (χ3v) is 2.10. The quantitative estimate of drug-likeness (QED) is 0.821. The van der Waals surface area contributed by atoms with Gasteiger partial charge in [-0.1, -0.05) is 36.4 Å². The van der Waals surface area contributed by atoms with E-state index in [2.05, 4.69) is 0 Å². The topological polar surface area (TPSA) is 61.1 Å². The summed E-state index contributed by atoms with van der Waals surface area (Å²) < 4.78 is 0. The first-order valence-electron chi connectivity index (χ1n) is 5.06. The number of allylic oxidation sites excluding steroid dienone is 1. The average molecular weight is 215 g/mol. The number of benzene rings is 1. The molecule has 0 unspecified atom stereocenters. The largest absolute Gasteiger partial charge is 0.481 e. The van der Waals surface area contributed by atoms with Crippen LogP contribution in [0.25, 0.3) is 6.08 Å². The number of hydrogen-bond donors (Lipinski definition) is 1. The molecule has 1 N–H and O–H groups in total. The van der Waals surface area contributed by atoms with Crippen molar-refractivity contribution < 1.29 is 9.90 Å². The van der Waals surface area contributed by atoms with E-state index in [0.29, 0.717) is 12.8 Å². The number of rotatable bonds is 5. The highest BCUT2D eigenvalue weighted by atomic mass is 16.4. The Balaban J connectivity index is 2.64. The van der Waals surface area contributed by atoms with Gasteiger partial charge in [-0.3, -0.25) is 4.79 Å². The van der Waals surface area contributed by atoms with E-state index < -0.39 is 5.97 Å². The van der Waals surface area contributed by atoms with E-state index >= 15 is 0 Å². The summed E-state index contributed by atoms with van der Waals surface area (Å²) in [5.41, 5.74) is 2.00. The summed E-state index contributed by atoms with van der Waals surface area (Å²) in [5, 5.41) is 16.9. The van der Waals surface area contributed by atoms with Gasteiger partial charge in [0.15, 0.2) is 0 Å². The first-order chi connectivity index (χ1) is 7.72. The Hall–Kier alpha value is -2.08. The van der Waals surface area contributed by atoms with Crippen molar-refractivity contribution in [2.45, 2.75) is 19.3 Å². The molecule has 0 aromatic heterocycles. The molecule has 0 fully saturated rings. The maximum Gasteiger partial charge on any atom is 0.303 e. The van der Waals surface area contributed by atoms with Gasteiger partial charge in [0.25, 0.3) is 0 Å². The fourth-order valence-corrected chi connectivity index (χ4v) is 1.35. The molecule has 0 saturated heterocycles. The summed E-state index contributed by atoms with van der Waals surface area (Å²) in [4.78, 5) is 10.4. The van der Waals surface area contributed by atoms with Gasteiger partial charge in [0, 0.05) is 6.42 Å². The van der Waals surface area contributed by atoms with Crippen molar-refractivity contribution in [2.24, 2.45) is 0 Å². The number of carboxylic acid groups (broad SMARTS) is 1. The van der Waals surface area contributed by atoms with Gasteiger partial charge in [0.05, 0.1) is 12.5 Å². The van der Waals surface area contributed by atoms with Crippen LogP contribution >= 0.6 is 0 Å². The van der Waals surface area contributed by atoms with E-state index in [1.807, 2.05) is 36.4 Å². The number of carboxylic acids is 1.